The molecule has 0 aliphatic rings. The molecule has 0 unspecified atom stereocenters. The van der Waals surface area contributed by atoms with Crippen molar-refractivity contribution < 1.29 is 19.7 Å². The van der Waals surface area contributed by atoms with Gasteiger partial charge in [-0.25, -0.2) is 5.43 Å². The predicted octanol–water partition coefficient (Wildman–Crippen LogP) is 3.08. The molecule has 0 aliphatic carbocycles. The van der Waals surface area contributed by atoms with Crippen LogP contribution < -0.4 is 10.2 Å². The number of ether oxygens (including phenoxy) is 1. The standard InChI is InChI=1S/C15H12I2N2O4/c1-23-13-4-8(2-3-12(13)20)7-18-19-15(22)10-5-9(16)6-11(17)14(10)21/h2-7,20-21H,1H3,(H,19,22)/b18-7+. The van der Waals surface area contributed by atoms with Crippen LogP contribution in [0.3, 0.4) is 0 Å². The van der Waals surface area contributed by atoms with Crippen LogP contribution in [0.5, 0.6) is 17.2 Å². The van der Waals surface area contributed by atoms with E-state index in [2.05, 4.69) is 33.1 Å². The summed E-state index contributed by atoms with van der Waals surface area (Å²) in [4.78, 5) is 12.1. The van der Waals surface area contributed by atoms with Crippen LogP contribution in [0.25, 0.3) is 0 Å². The Morgan fingerprint density at radius 2 is 2.00 bits per heavy atom. The van der Waals surface area contributed by atoms with Gasteiger partial charge in [0.25, 0.3) is 5.91 Å². The highest BCUT2D eigenvalue weighted by Gasteiger charge is 2.14. The number of phenolic OH excluding ortho intramolecular Hbond substituents is 2. The van der Waals surface area contributed by atoms with E-state index in [1.807, 2.05) is 22.6 Å². The van der Waals surface area contributed by atoms with Crippen LogP contribution in [0, 0.1) is 7.14 Å². The maximum atomic E-state index is 12.1. The first-order valence-electron chi connectivity index (χ1n) is 6.30. The molecule has 8 heteroatoms. The lowest BCUT2D eigenvalue weighted by atomic mass is 10.2. The van der Waals surface area contributed by atoms with Gasteiger partial charge in [-0.15, -0.1) is 0 Å². The summed E-state index contributed by atoms with van der Waals surface area (Å²) in [6.07, 6.45) is 1.41. The van der Waals surface area contributed by atoms with Crippen LogP contribution in [0.15, 0.2) is 35.4 Å². The van der Waals surface area contributed by atoms with E-state index in [1.54, 1.807) is 24.3 Å². The second kappa shape index (κ2) is 7.81. The van der Waals surface area contributed by atoms with Gasteiger partial charge in [-0.2, -0.15) is 5.10 Å². The van der Waals surface area contributed by atoms with Crippen LogP contribution in [-0.4, -0.2) is 29.4 Å². The van der Waals surface area contributed by atoms with Crippen LogP contribution in [0.1, 0.15) is 15.9 Å². The zero-order valence-corrected chi connectivity index (χ0v) is 16.2. The van der Waals surface area contributed by atoms with Crippen molar-refractivity contribution in [3.8, 4) is 17.2 Å². The number of hydrogen-bond acceptors (Lipinski definition) is 5. The van der Waals surface area contributed by atoms with Gasteiger partial charge in [0.2, 0.25) is 0 Å². The first-order chi connectivity index (χ1) is 10.9. The molecule has 1 amide bonds. The molecule has 0 saturated heterocycles. The van der Waals surface area contributed by atoms with Crippen LogP contribution >= 0.6 is 45.2 Å². The molecule has 0 atom stereocenters. The fraction of sp³-hybridized carbons (Fsp3) is 0.0667. The Kier molecular flexibility index (Phi) is 6.04. The van der Waals surface area contributed by atoms with Gasteiger partial charge in [-0.1, -0.05) is 0 Å². The minimum atomic E-state index is -0.513. The summed E-state index contributed by atoms with van der Waals surface area (Å²) in [6.45, 7) is 0. The number of hydrogen-bond donors (Lipinski definition) is 3. The summed E-state index contributed by atoms with van der Waals surface area (Å²) in [5.74, 6) is -0.261. The van der Waals surface area contributed by atoms with E-state index in [9.17, 15) is 15.0 Å². The first-order valence-corrected chi connectivity index (χ1v) is 8.46. The number of phenols is 2. The molecule has 0 radical (unpaired) electrons. The molecule has 120 valence electrons. The Morgan fingerprint density at radius 1 is 1.26 bits per heavy atom. The Morgan fingerprint density at radius 3 is 2.70 bits per heavy atom. The van der Waals surface area contributed by atoms with Crippen molar-refractivity contribution in [2.75, 3.05) is 7.11 Å². The van der Waals surface area contributed by atoms with E-state index in [0.29, 0.717) is 14.9 Å². The lowest BCUT2D eigenvalue weighted by Gasteiger charge is -2.06. The molecular formula is C15H12I2N2O4. The molecule has 6 nitrogen and oxygen atoms in total. The maximum absolute atomic E-state index is 12.1. The lowest BCUT2D eigenvalue weighted by Crippen LogP contribution is -2.18. The Labute approximate surface area is 159 Å². The quantitative estimate of drug-likeness (QED) is 0.317. The topological polar surface area (TPSA) is 91.2 Å². The minimum Gasteiger partial charge on any atom is -0.506 e. The van der Waals surface area contributed by atoms with Gasteiger partial charge < -0.3 is 14.9 Å². The predicted molar refractivity (Wildman–Crippen MR) is 103 cm³/mol. The molecule has 0 aliphatic heterocycles. The van der Waals surface area contributed by atoms with E-state index in [0.717, 1.165) is 3.57 Å². The molecule has 0 fully saturated rings. The van der Waals surface area contributed by atoms with E-state index < -0.39 is 5.91 Å². The average molecular weight is 538 g/mol. The third-order valence-electron chi connectivity index (χ3n) is 2.86. The molecule has 2 aromatic rings. The van der Waals surface area contributed by atoms with Crippen LogP contribution in [-0.2, 0) is 0 Å². The number of aromatic hydroxyl groups is 2. The van der Waals surface area contributed by atoms with E-state index in [4.69, 9.17) is 4.74 Å². The van der Waals surface area contributed by atoms with Crippen molar-refractivity contribution in [3.63, 3.8) is 0 Å². The van der Waals surface area contributed by atoms with Gasteiger partial charge in [0.1, 0.15) is 5.75 Å². The zero-order valence-electron chi connectivity index (χ0n) is 11.9. The molecule has 2 rings (SSSR count). The molecule has 0 spiro atoms. The third kappa shape index (κ3) is 4.47. The summed E-state index contributed by atoms with van der Waals surface area (Å²) in [7, 11) is 1.44. The SMILES string of the molecule is COc1cc(/C=N/NC(=O)c2cc(I)cc(I)c2O)ccc1O. The number of rotatable bonds is 4. The second-order valence-corrected chi connectivity index (χ2v) is 6.82. The molecular weight excluding hydrogens is 526 g/mol. The zero-order chi connectivity index (χ0) is 17.0. The number of methoxy groups -OCH3 is 1. The highest BCUT2D eigenvalue weighted by molar-refractivity contribution is 14.1. The Balaban J connectivity index is 2.13. The number of carbonyl (C=O) groups is 1. The lowest BCUT2D eigenvalue weighted by molar-refractivity contribution is 0.0952. The van der Waals surface area contributed by atoms with E-state index in [-0.39, 0.29) is 17.1 Å². The second-order valence-electron chi connectivity index (χ2n) is 4.41. The Hall–Kier alpha value is -1.56. The largest absolute Gasteiger partial charge is 0.506 e. The first kappa shape index (κ1) is 17.8. The number of amides is 1. The summed E-state index contributed by atoms with van der Waals surface area (Å²) < 4.78 is 6.42. The van der Waals surface area contributed by atoms with Crippen LogP contribution in [0.2, 0.25) is 0 Å². The minimum absolute atomic E-state index is 0.0204. The number of nitrogens with one attached hydrogen (secondary N) is 1. The van der Waals surface area contributed by atoms with Crippen molar-refractivity contribution >= 4 is 57.3 Å². The highest BCUT2D eigenvalue weighted by Crippen LogP contribution is 2.27. The summed E-state index contributed by atoms with van der Waals surface area (Å²) >= 11 is 4.02. The smallest absolute Gasteiger partial charge is 0.275 e. The summed E-state index contributed by atoms with van der Waals surface area (Å²) in [5.41, 5.74) is 3.15. The molecule has 0 heterocycles. The van der Waals surface area contributed by atoms with Crippen LogP contribution in [0.4, 0.5) is 0 Å². The molecule has 0 aromatic heterocycles. The van der Waals surface area contributed by atoms with Gasteiger partial charge >= 0.3 is 0 Å². The average Bonchev–Trinajstić information content (AvgIpc) is 2.52. The Bertz CT molecular complexity index is 778. The maximum Gasteiger partial charge on any atom is 0.275 e. The summed E-state index contributed by atoms with van der Waals surface area (Å²) in [6, 6.07) is 8.01. The fourth-order valence-corrected chi connectivity index (χ4v) is 3.58. The molecule has 0 saturated carbocycles. The highest BCUT2D eigenvalue weighted by atomic mass is 127. The monoisotopic (exact) mass is 538 g/mol. The van der Waals surface area contributed by atoms with Gasteiger partial charge in [0.05, 0.1) is 22.5 Å². The number of carbonyl (C=O) groups excluding carboxylic acids is 1. The number of benzene rings is 2. The van der Waals surface area contributed by atoms with Gasteiger partial charge in [0.15, 0.2) is 11.5 Å². The third-order valence-corrected chi connectivity index (χ3v) is 4.30. The number of halogens is 2. The number of hydrazone groups is 1. The summed E-state index contributed by atoms with van der Waals surface area (Å²) in [5, 5.41) is 23.3. The molecule has 0 bridgehead atoms. The van der Waals surface area contributed by atoms with Crippen molar-refractivity contribution in [1.29, 1.82) is 0 Å². The van der Waals surface area contributed by atoms with Gasteiger partial charge in [0, 0.05) is 3.57 Å². The van der Waals surface area contributed by atoms with Gasteiger partial charge in [-0.3, -0.25) is 4.79 Å². The molecule has 2 aromatic carbocycles. The van der Waals surface area contributed by atoms with Crippen molar-refractivity contribution in [3.05, 3.63) is 48.6 Å². The normalized spacial score (nSPS) is 10.7. The van der Waals surface area contributed by atoms with Crippen molar-refractivity contribution in [2.45, 2.75) is 0 Å². The van der Waals surface area contributed by atoms with Crippen molar-refractivity contribution in [2.24, 2.45) is 5.10 Å². The van der Waals surface area contributed by atoms with Crippen molar-refractivity contribution in [1.82, 2.24) is 5.43 Å². The molecule has 23 heavy (non-hydrogen) atoms. The van der Waals surface area contributed by atoms with E-state index in [1.165, 1.54) is 19.4 Å². The van der Waals surface area contributed by atoms with Gasteiger partial charge in [-0.05, 0) is 81.1 Å². The van der Waals surface area contributed by atoms with E-state index >= 15 is 0 Å². The molecule has 3 N–H and O–H groups in total. The fourth-order valence-electron chi connectivity index (χ4n) is 1.74. The number of nitrogens with zero attached hydrogens (tertiary/aromatic N) is 1.